The third-order valence-electron chi connectivity index (χ3n) is 1.68. The number of hydrogen-bond donors (Lipinski definition) is 1. The Morgan fingerprint density at radius 2 is 2.38 bits per heavy atom. The molecule has 0 saturated carbocycles. The molecule has 1 rings (SSSR count). The van der Waals surface area contributed by atoms with Crippen molar-refractivity contribution in [1.29, 1.82) is 0 Å². The summed E-state index contributed by atoms with van der Waals surface area (Å²) in [6.45, 7) is 2.88. The first-order chi connectivity index (χ1) is 6.22. The van der Waals surface area contributed by atoms with E-state index in [9.17, 15) is 0 Å². The molecule has 0 aromatic carbocycles. The van der Waals surface area contributed by atoms with E-state index in [1.165, 1.54) is 0 Å². The summed E-state index contributed by atoms with van der Waals surface area (Å²) in [5.41, 5.74) is 5.50. The lowest BCUT2D eigenvalue weighted by atomic mass is 10.2. The van der Waals surface area contributed by atoms with Crippen molar-refractivity contribution in [1.82, 2.24) is 0 Å². The minimum atomic E-state index is 0.461. The summed E-state index contributed by atoms with van der Waals surface area (Å²) in [7, 11) is 0. The van der Waals surface area contributed by atoms with Gasteiger partial charge in [-0.25, -0.2) is 0 Å². The van der Waals surface area contributed by atoms with E-state index in [-0.39, 0.29) is 0 Å². The zero-order chi connectivity index (χ0) is 9.68. The smallest absolute Gasteiger partial charge is 0.193 e. The van der Waals surface area contributed by atoms with Crippen LogP contribution in [0.25, 0.3) is 0 Å². The Balaban J connectivity index is 2.20. The molecule has 1 aromatic heterocycles. The van der Waals surface area contributed by atoms with Crippen LogP contribution in [0.2, 0.25) is 5.22 Å². The number of nitrogens with two attached hydrogens (primary N) is 1. The van der Waals surface area contributed by atoms with Crippen molar-refractivity contribution >= 4 is 23.4 Å². The van der Waals surface area contributed by atoms with E-state index in [2.05, 4.69) is 6.92 Å². The van der Waals surface area contributed by atoms with Crippen molar-refractivity contribution in [2.45, 2.75) is 12.7 Å². The van der Waals surface area contributed by atoms with Crippen molar-refractivity contribution in [3.63, 3.8) is 0 Å². The largest absolute Gasteiger partial charge is 0.449 e. The summed E-state index contributed by atoms with van der Waals surface area (Å²) >= 11 is 7.45. The Morgan fingerprint density at radius 1 is 1.62 bits per heavy atom. The Kier molecular flexibility index (Phi) is 4.70. The van der Waals surface area contributed by atoms with E-state index in [0.29, 0.717) is 11.1 Å². The maximum Gasteiger partial charge on any atom is 0.193 e. The topological polar surface area (TPSA) is 39.2 Å². The monoisotopic (exact) mass is 219 g/mol. The summed E-state index contributed by atoms with van der Waals surface area (Å²) in [5, 5.41) is 0.461. The van der Waals surface area contributed by atoms with Crippen molar-refractivity contribution in [3.8, 4) is 0 Å². The fourth-order valence-electron chi connectivity index (χ4n) is 0.858. The molecule has 1 unspecified atom stereocenters. The van der Waals surface area contributed by atoms with Crippen LogP contribution < -0.4 is 5.73 Å². The Bertz CT molecular complexity index is 252. The molecule has 4 heteroatoms. The van der Waals surface area contributed by atoms with Gasteiger partial charge in [-0.1, -0.05) is 6.92 Å². The second-order valence-corrected chi connectivity index (χ2v) is 4.46. The molecule has 0 aliphatic rings. The van der Waals surface area contributed by atoms with Gasteiger partial charge in [0.05, 0.1) is 5.75 Å². The highest BCUT2D eigenvalue weighted by molar-refractivity contribution is 7.98. The zero-order valence-electron chi connectivity index (χ0n) is 7.63. The molecule has 0 amide bonds. The third-order valence-corrected chi connectivity index (χ3v) is 3.17. The molecule has 74 valence electrons. The molecule has 2 N–H and O–H groups in total. The molecule has 0 radical (unpaired) electrons. The van der Waals surface area contributed by atoms with Crippen molar-refractivity contribution in [2.24, 2.45) is 11.7 Å². The van der Waals surface area contributed by atoms with Crippen LogP contribution in [-0.2, 0) is 5.75 Å². The van der Waals surface area contributed by atoms with Gasteiger partial charge < -0.3 is 10.2 Å². The first-order valence-corrected chi connectivity index (χ1v) is 5.77. The van der Waals surface area contributed by atoms with Crippen LogP contribution in [0.4, 0.5) is 0 Å². The molecular weight excluding hydrogens is 206 g/mol. The normalized spacial score (nSPS) is 13.2. The lowest BCUT2D eigenvalue weighted by Crippen LogP contribution is -2.12. The van der Waals surface area contributed by atoms with Gasteiger partial charge in [0.25, 0.3) is 0 Å². The average Bonchev–Trinajstić information content (AvgIpc) is 2.51. The third kappa shape index (κ3) is 4.07. The highest BCUT2D eigenvalue weighted by atomic mass is 35.5. The van der Waals surface area contributed by atoms with Gasteiger partial charge in [0.1, 0.15) is 5.76 Å². The second kappa shape index (κ2) is 5.58. The number of thioether (sulfide) groups is 1. The molecule has 1 aromatic rings. The van der Waals surface area contributed by atoms with Gasteiger partial charge in [0.2, 0.25) is 0 Å². The quantitative estimate of drug-likeness (QED) is 0.828. The summed E-state index contributed by atoms with van der Waals surface area (Å²) in [6.07, 6.45) is 0. The highest BCUT2D eigenvalue weighted by Crippen LogP contribution is 2.19. The van der Waals surface area contributed by atoms with Gasteiger partial charge in [0, 0.05) is 0 Å². The zero-order valence-corrected chi connectivity index (χ0v) is 9.20. The van der Waals surface area contributed by atoms with E-state index < -0.39 is 0 Å². The van der Waals surface area contributed by atoms with E-state index >= 15 is 0 Å². The minimum Gasteiger partial charge on any atom is -0.449 e. The van der Waals surface area contributed by atoms with Gasteiger partial charge in [-0.05, 0) is 41.9 Å². The van der Waals surface area contributed by atoms with E-state index in [0.717, 1.165) is 23.8 Å². The number of hydrogen-bond acceptors (Lipinski definition) is 3. The van der Waals surface area contributed by atoms with Crippen molar-refractivity contribution in [2.75, 3.05) is 12.3 Å². The van der Waals surface area contributed by atoms with Crippen LogP contribution >= 0.6 is 23.4 Å². The van der Waals surface area contributed by atoms with Gasteiger partial charge in [-0.3, -0.25) is 0 Å². The molecular formula is C9H14ClNOS. The van der Waals surface area contributed by atoms with Crippen LogP contribution in [0, 0.1) is 5.92 Å². The molecule has 0 spiro atoms. The fourth-order valence-corrected chi connectivity index (χ4v) is 2.03. The summed E-state index contributed by atoms with van der Waals surface area (Å²) in [6, 6.07) is 3.67. The predicted molar refractivity (Wildman–Crippen MR) is 58.1 cm³/mol. The van der Waals surface area contributed by atoms with Gasteiger partial charge in [0.15, 0.2) is 5.22 Å². The van der Waals surface area contributed by atoms with Crippen LogP contribution in [-0.4, -0.2) is 12.3 Å². The first kappa shape index (κ1) is 11.0. The first-order valence-electron chi connectivity index (χ1n) is 4.24. The molecule has 0 aliphatic heterocycles. The number of rotatable bonds is 5. The summed E-state index contributed by atoms with van der Waals surface area (Å²) in [4.78, 5) is 0. The lowest BCUT2D eigenvalue weighted by Gasteiger charge is -2.05. The summed E-state index contributed by atoms with van der Waals surface area (Å²) < 4.78 is 5.21. The lowest BCUT2D eigenvalue weighted by molar-refractivity contribution is 0.532. The van der Waals surface area contributed by atoms with Crippen LogP contribution in [0.15, 0.2) is 16.5 Å². The molecule has 13 heavy (non-hydrogen) atoms. The maximum atomic E-state index is 5.63. The second-order valence-electron chi connectivity index (χ2n) is 3.06. The van der Waals surface area contributed by atoms with Crippen molar-refractivity contribution < 1.29 is 4.42 Å². The standard InChI is InChI=1S/C9H14ClNOS/c1-7(4-11)5-13-6-8-2-3-9(10)12-8/h2-3,7H,4-6,11H2,1H3. The van der Waals surface area contributed by atoms with Crippen molar-refractivity contribution in [3.05, 3.63) is 23.1 Å². The van der Waals surface area contributed by atoms with Crippen LogP contribution in [0.3, 0.4) is 0 Å². The summed E-state index contributed by atoms with van der Waals surface area (Å²) in [5.74, 6) is 3.43. The Hall–Kier alpha value is -0.120. The molecule has 1 atom stereocenters. The van der Waals surface area contributed by atoms with E-state index in [4.69, 9.17) is 21.8 Å². The SMILES string of the molecule is CC(CN)CSCc1ccc(Cl)o1. The average molecular weight is 220 g/mol. The highest BCUT2D eigenvalue weighted by Gasteiger charge is 2.02. The van der Waals surface area contributed by atoms with Crippen LogP contribution in [0.1, 0.15) is 12.7 Å². The molecule has 0 fully saturated rings. The maximum absolute atomic E-state index is 5.63. The van der Waals surface area contributed by atoms with Crippen LogP contribution in [0.5, 0.6) is 0 Å². The molecule has 0 aliphatic carbocycles. The van der Waals surface area contributed by atoms with Gasteiger partial charge in [-0.15, -0.1) is 0 Å². The molecule has 2 nitrogen and oxygen atoms in total. The number of halogens is 1. The molecule has 0 saturated heterocycles. The fraction of sp³-hybridized carbons (Fsp3) is 0.556. The van der Waals surface area contributed by atoms with Gasteiger partial charge in [-0.2, -0.15) is 11.8 Å². The van der Waals surface area contributed by atoms with E-state index in [1.54, 1.807) is 6.07 Å². The predicted octanol–water partition coefficient (Wildman–Crippen LogP) is 2.76. The minimum absolute atomic E-state index is 0.461. The van der Waals surface area contributed by atoms with E-state index in [1.807, 2.05) is 17.8 Å². The molecule has 1 heterocycles. The van der Waals surface area contributed by atoms with Gasteiger partial charge >= 0.3 is 0 Å². The number of furan rings is 1. The Morgan fingerprint density at radius 3 is 2.92 bits per heavy atom. The Labute approximate surface area is 87.8 Å². The molecule has 0 bridgehead atoms.